The van der Waals surface area contributed by atoms with E-state index in [0.717, 1.165) is 37.0 Å². The molecule has 0 aromatic heterocycles. The smallest absolute Gasteiger partial charge is 0.163 e. The predicted molar refractivity (Wildman–Crippen MR) is 96.0 cm³/mol. The standard InChI is InChI=1S/C20H32O3/c1-7-9-11-22-18-14-19(23-12-10-8-2)17(20(4,5)6)13-16(18)15(3)21/h13-14H,7-12H2,1-6H3. The van der Waals surface area contributed by atoms with Crippen LogP contribution in [-0.4, -0.2) is 19.0 Å². The average Bonchev–Trinajstić information content (AvgIpc) is 2.46. The number of rotatable bonds is 9. The number of benzene rings is 1. The van der Waals surface area contributed by atoms with Gasteiger partial charge in [0.2, 0.25) is 0 Å². The van der Waals surface area contributed by atoms with Gasteiger partial charge in [0.05, 0.1) is 18.8 Å². The van der Waals surface area contributed by atoms with Gasteiger partial charge in [0.1, 0.15) is 11.5 Å². The van der Waals surface area contributed by atoms with Crippen molar-refractivity contribution < 1.29 is 14.3 Å². The zero-order chi connectivity index (χ0) is 17.5. The number of ketones is 1. The lowest BCUT2D eigenvalue weighted by Crippen LogP contribution is -2.16. The van der Waals surface area contributed by atoms with Crippen molar-refractivity contribution in [1.29, 1.82) is 0 Å². The van der Waals surface area contributed by atoms with Crippen LogP contribution < -0.4 is 9.47 Å². The molecule has 1 rings (SSSR count). The van der Waals surface area contributed by atoms with Gasteiger partial charge in [-0.3, -0.25) is 4.79 Å². The van der Waals surface area contributed by atoms with Crippen LogP contribution in [0.2, 0.25) is 0 Å². The number of carbonyl (C=O) groups is 1. The Balaban J connectivity index is 3.22. The molecule has 0 unspecified atom stereocenters. The van der Waals surface area contributed by atoms with Crippen molar-refractivity contribution in [3.05, 3.63) is 23.3 Å². The molecule has 130 valence electrons. The first-order chi connectivity index (χ1) is 10.8. The van der Waals surface area contributed by atoms with E-state index in [4.69, 9.17) is 9.47 Å². The van der Waals surface area contributed by atoms with E-state index >= 15 is 0 Å². The Morgan fingerprint density at radius 1 is 0.957 bits per heavy atom. The van der Waals surface area contributed by atoms with Crippen LogP contribution >= 0.6 is 0 Å². The minimum atomic E-state index is -0.0896. The lowest BCUT2D eigenvalue weighted by Gasteiger charge is -2.25. The third-order valence-corrected chi connectivity index (χ3v) is 3.78. The first kappa shape index (κ1) is 19.5. The summed E-state index contributed by atoms with van der Waals surface area (Å²) in [6.07, 6.45) is 4.15. The van der Waals surface area contributed by atoms with Crippen molar-refractivity contribution in [2.24, 2.45) is 0 Å². The summed E-state index contributed by atoms with van der Waals surface area (Å²) in [5.74, 6) is 1.51. The second kappa shape index (κ2) is 8.95. The van der Waals surface area contributed by atoms with E-state index in [1.165, 1.54) is 0 Å². The van der Waals surface area contributed by atoms with Crippen LogP contribution in [0.1, 0.15) is 83.1 Å². The van der Waals surface area contributed by atoms with Gasteiger partial charge >= 0.3 is 0 Å². The molecule has 0 aliphatic carbocycles. The quantitative estimate of drug-likeness (QED) is 0.442. The minimum absolute atomic E-state index is 0.0297. The van der Waals surface area contributed by atoms with Crippen LogP contribution in [0.3, 0.4) is 0 Å². The first-order valence-electron chi connectivity index (χ1n) is 8.76. The molecule has 23 heavy (non-hydrogen) atoms. The molecule has 0 aliphatic heterocycles. The Bertz CT molecular complexity index is 512. The van der Waals surface area contributed by atoms with E-state index in [1.807, 2.05) is 12.1 Å². The van der Waals surface area contributed by atoms with Gasteiger partial charge < -0.3 is 9.47 Å². The van der Waals surface area contributed by atoms with Crippen molar-refractivity contribution >= 4 is 5.78 Å². The molecule has 0 saturated heterocycles. The maximum atomic E-state index is 12.0. The van der Waals surface area contributed by atoms with Crippen molar-refractivity contribution in [2.75, 3.05) is 13.2 Å². The second-order valence-corrected chi connectivity index (χ2v) is 7.05. The van der Waals surface area contributed by atoms with Gasteiger partial charge in [-0.25, -0.2) is 0 Å². The molecule has 0 radical (unpaired) electrons. The van der Waals surface area contributed by atoms with Crippen LogP contribution in [0.5, 0.6) is 11.5 Å². The molecular formula is C20H32O3. The van der Waals surface area contributed by atoms with Gasteiger partial charge in [-0.1, -0.05) is 47.5 Å². The van der Waals surface area contributed by atoms with E-state index in [1.54, 1.807) is 6.92 Å². The van der Waals surface area contributed by atoms with Gasteiger partial charge in [0, 0.05) is 11.6 Å². The molecule has 0 N–H and O–H groups in total. The Hall–Kier alpha value is -1.51. The van der Waals surface area contributed by atoms with Gasteiger partial charge in [0.25, 0.3) is 0 Å². The predicted octanol–water partition coefficient (Wildman–Crippen LogP) is 5.54. The summed E-state index contributed by atoms with van der Waals surface area (Å²) in [6, 6.07) is 3.85. The van der Waals surface area contributed by atoms with Gasteiger partial charge in [-0.15, -0.1) is 0 Å². The molecule has 0 heterocycles. The third kappa shape index (κ3) is 5.89. The second-order valence-electron chi connectivity index (χ2n) is 7.05. The average molecular weight is 320 g/mol. The Morgan fingerprint density at radius 3 is 1.91 bits per heavy atom. The summed E-state index contributed by atoms with van der Waals surface area (Å²) in [5, 5.41) is 0. The molecule has 0 aliphatic rings. The van der Waals surface area contributed by atoms with Crippen molar-refractivity contribution in [3.63, 3.8) is 0 Å². The Morgan fingerprint density at radius 2 is 1.48 bits per heavy atom. The molecule has 0 bridgehead atoms. The molecule has 3 nitrogen and oxygen atoms in total. The molecular weight excluding hydrogens is 288 g/mol. The monoisotopic (exact) mass is 320 g/mol. The number of unbranched alkanes of at least 4 members (excludes halogenated alkanes) is 2. The van der Waals surface area contributed by atoms with Crippen LogP contribution in [0.25, 0.3) is 0 Å². The lowest BCUT2D eigenvalue weighted by molar-refractivity contribution is 0.101. The summed E-state index contributed by atoms with van der Waals surface area (Å²) in [5.41, 5.74) is 1.61. The third-order valence-electron chi connectivity index (χ3n) is 3.78. The molecule has 1 aromatic carbocycles. The van der Waals surface area contributed by atoms with Gasteiger partial charge in [-0.05, 0) is 31.2 Å². The van der Waals surface area contributed by atoms with Crippen molar-refractivity contribution in [2.45, 2.75) is 72.6 Å². The van der Waals surface area contributed by atoms with E-state index in [2.05, 4.69) is 34.6 Å². The molecule has 0 atom stereocenters. The summed E-state index contributed by atoms with van der Waals surface area (Å²) in [7, 11) is 0. The molecule has 0 spiro atoms. The summed E-state index contributed by atoms with van der Waals surface area (Å²) in [6.45, 7) is 13.6. The van der Waals surface area contributed by atoms with E-state index in [9.17, 15) is 4.79 Å². The Labute approximate surface area is 141 Å². The van der Waals surface area contributed by atoms with Crippen molar-refractivity contribution in [1.82, 2.24) is 0 Å². The van der Waals surface area contributed by atoms with E-state index in [0.29, 0.717) is 24.5 Å². The molecule has 3 heteroatoms. The molecule has 0 amide bonds. The van der Waals surface area contributed by atoms with E-state index < -0.39 is 0 Å². The van der Waals surface area contributed by atoms with Crippen LogP contribution in [0, 0.1) is 0 Å². The number of ether oxygens (including phenoxy) is 2. The Kier molecular flexibility index (Phi) is 7.60. The van der Waals surface area contributed by atoms with Gasteiger partial charge in [-0.2, -0.15) is 0 Å². The van der Waals surface area contributed by atoms with Crippen molar-refractivity contribution in [3.8, 4) is 11.5 Å². The SMILES string of the molecule is CCCCOc1cc(OCCCC)c(C(C)(C)C)cc1C(C)=O. The normalized spacial score (nSPS) is 11.4. The maximum absolute atomic E-state index is 12.0. The van der Waals surface area contributed by atoms with Crippen LogP contribution in [-0.2, 0) is 5.41 Å². The minimum Gasteiger partial charge on any atom is -0.493 e. The van der Waals surface area contributed by atoms with Gasteiger partial charge in [0.15, 0.2) is 5.78 Å². The largest absolute Gasteiger partial charge is 0.493 e. The summed E-state index contributed by atoms with van der Waals surface area (Å²) >= 11 is 0. The first-order valence-corrected chi connectivity index (χ1v) is 8.76. The molecule has 0 saturated carbocycles. The summed E-state index contributed by atoms with van der Waals surface area (Å²) < 4.78 is 11.8. The number of Topliss-reactive ketones (excluding diaryl/α,β-unsaturated/α-hetero) is 1. The highest BCUT2D eigenvalue weighted by Gasteiger charge is 2.23. The zero-order valence-corrected chi connectivity index (χ0v) is 15.6. The zero-order valence-electron chi connectivity index (χ0n) is 15.6. The van der Waals surface area contributed by atoms with Crippen LogP contribution in [0.4, 0.5) is 0 Å². The highest BCUT2D eigenvalue weighted by atomic mass is 16.5. The highest BCUT2D eigenvalue weighted by molar-refractivity contribution is 5.97. The fraction of sp³-hybridized carbons (Fsp3) is 0.650. The van der Waals surface area contributed by atoms with Crippen LogP contribution in [0.15, 0.2) is 12.1 Å². The number of carbonyl (C=O) groups excluding carboxylic acids is 1. The highest BCUT2D eigenvalue weighted by Crippen LogP contribution is 2.37. The lowest BCUT2D eigenvalue weighted by atomic mass is 9.84. The molecule has 1 aromatic rings. The topological polar surface area (TPSA) is 35.5 Å². The fourth-order valence-electron chi connectivity index (χ4n) is 2.31. The maximum Gasteiger partial charge on any atom is 0.163 e. The molecule has 0 fully saturated rings. The summed E-state index contributed by atoms with van der Waals surface area (Å²) in [4.78, 5) is 12.0. The number of hydrogen-bond acceptors (Lipinski definition) is 3. The van der Waals surface area contributed by atoms with E-state index in [-0.39, 0.29) is 11.2 Å². The fourth-order valence-corrected chi connectivity index (χ4v) is 2.31. The number of hydrogen-bond donors (Lipinski definition) is 0.